The van der Waals surface area contributed by atoms with Gasteiger partial charge in [-0.2, -0.15) is 0 Å². The van der Waals surface area contributed by atoms with E-state index >= 15 is 0 Å². The molecule has 0 unspecified atom stereocenters. The number of nitrogens with one attached hydrogen (secondary N) is 3. The maximum Gasteiger partial charge on any atom is 0.408 e. The normalized spacial score (nSPS) is 13.5. The zero-order valence-electron chi connectivity index (χ0n) is 22.5. The summed E-state index contributed by atoms with van der Waals surface area (Å²) in [5, 5.41) is 7.81. The minimum Gasteiger partial charge on any atom is -0.445 e. The molecule has 10 nitrogen and oxygen atoms in total. The fourth-order valence-corrected chi connectivity index (χ4v) is 4.42. The summed E-state index contributed by atoms with van der Waals surface area (Å²) in [7, 11) is -3.34. The number of amides is 3. The van der Waals surface area contributed by atoms with E-state index in [4.69, 9.17) is 4.74 Å². The maximum absolute atomic E-state index is 13.3. The van der Waals surface area contributed by atoms with Crippen molar-refractivity contribution in [1.29, 1.82) is 0 Å². The van der Waals surface area contributed by atoms with Crippen LogP contribution in [0, 0.1) is 5.92 Å². The lowest BCUT2D eigenvalue weighted by Gasteiger charge is -2.25. The smallest absolute Gasteiger partial charge is 0.408 e. The van der Waals surface area contributed by atoms with Crippen LogP contribution in [-0.2, 0) is 42.0 Å². The van der Waals surface area contributed by atoms with Crippen LogP contribution in [-0.4, -0.2) is 62.7 Å². The van der Waals surface area contributed by atoms with Crippen LogP contribution >= 0.6 is 0 Å². The van der Waals surface area contributed by atoms with E-state index < -0.39 is 45.9 Å². The van der Waals surface area contributed by atoms with Crippen molar-refractivity contribution in [2.45, 2.75) is 57.8 Å². The van der Waals surface area contributed by atoms with Crippen molar-refractivity contribution in [3.63, 3.8) is 0 Å². The summed E-state index contributed by atoms with van der Waals surface area (Å²) < 4.78 is 28.3. The van der Waals surface area contributed by atoms with Gasteiger partial charge in [-0.3, -0.25) is 9.59 Å². The first-order valence-electron chi connectivity index (χ1n) is 12.7. The number of carbonyl (C=O) groups excluding carboxylic acids is 4. The fourth-order valence-electron chi connectivity index (χ4n) is 3.74. The van der Waals surface area contributed by atoms with Gasteiger partial charge in [0, 0.05) is 12.7 Å². The van der Waals surface area contributed by atoms with E-state index in [-0.39, 0.29) is 37.5 Å². The van der Waals surface area contributed by atoms with Gasteiger partial charge in [0.2, 0.25) is 11.8 Å². The van der Waals surface area contributed by atoms with Crippen LogP contribution in [0.2, 0.25) is 0 Å². The lowest BCUT2D eigenvalue weighted by Crippen LogP contribution is -2.56. The minimum atomic E-state index is -3.34. The molecule has 0 aromatic heterocycles. The van der Waals surface area contributed by atoms with E-state index in [0.717, 1.165) is 17.4 Å². The van der Waals surface area contributed by atoms with E-state index in [1.54, 1.807) is 36.4 Å². The SMILES string of the molecule is CC(C)C[C@H](NC(=O)OCc1ccccc1)C(=O)N[C@@H](Cc1ccccc1)C(=O)N[C@H](C=O)CCS(C)(=O)=O. The quantitative estimate of drug-likeness (QED) is 0.283. The molecule has 0 bridgehead atoms. The van der Waals surface area contributed by atoms with Crippen molar-refractivity contribution in [3.05, 3.63) is 71.8 Å². The molecule has 3 N–H and O–H groups in total. The summed E-state index contributed by atoms with van der Waals surface area (Å²) in [5.41, 5.74) is 1.55. The number of aldehydes is 1. The zero-order chi connectivity index (χ0) is 28.8. The third-order valence-electron chi connectivity index (χ3n) is 5.74. The first-order valence-corrected chi connectivity index (χ1v) is 14.8. The first kappa shape index (κ1) is 31.5. The molecule has 0 heterocycles. The Balaban J connectivity index is 2.14. The molecule has 3 amide bonds. The largest absolute Gasteiger partial charge is 0.445 e. The van der Waals surface area contributed by atoms with Gasteiger partial charge in [-0.1, -0.05) is 74.5 Å². The second kappa shape index (κ2) is 15.6. The summed E-state index contributed by atoms with van der Waals surface area (Å²) in [6.07, 6.45) is 1.05. The summed E-state index contributed by atoms with van der Waals surface area (Å²) >= 11 is 0. The molecule has 0 aliphatic heterocycles. The summed E-state index contributed by atoms with van der Waals surface area (Å²) in [6.45, 7) is 3.81. The average molecular weight is 560 g/mol. The van der Waals surface area contributed by atoms with E-state index in [9.17, 15) is 27.6 Å². The van der Waals surface area contributed by atoms with Crippen LogP contribution in [0.5, 0.6) is 0 Å². The monoisotopic (exact) mass is 559 g/mol. The van der Waals surface area contributed by atoms with Crippen LogP contribution in [0.15, 0.2) is 60.7 Å². The number of benzene rings is 2. The highest BCUT2D eigenvalue weighted by Gasteiger charge is 2.29. The molecular weight excluding hydrogens is 522 g/mol. The summed E-state index contributed by atoms with van der Waals surface area (Å²) in [5.74, 6) is -1.48. The highest BCUT2D eigenvalue weighted by atomic mass is 32.2. The Hall–Kier alpha value is -3.73. The van der Waals surface area contributed by atoms with Crippen LogP contribution in [0.3, 0.4) is 0 Å². The Bertz CT molecular complexity index is 1190. The van der Waals surface area contributed by atoms with Crippen molar-refractivity contribution < 1.29 is 32.3 Å². The van der Waals surface area contributed by atoms with Crippen molar-refractivity contribution in [1.82, 2.24) is 16.0 Å². The molecule has 0 aliphatic carbocycles. The molecule has 0 saturated carbocycles. The highest BCUT2D eigenvalue weighted by molar-refractivity contribution is 7.90. The molecule has 0 spiro atoms. The van der Waals surface area contributed by atoms with Gasteiger partial charge < -0.3 is 25.5 Å². The van der Waals surface area contributed by atoms with Crippen molar-refractivity contribution >= 4 is 34.0 Å². The number of ether oxygens (including phenoxy) is 1. The van der Waals surface area contributed by atoms with Gasteiger partial charge in [0.1, 0.15) is 34.8 Å². The molecule has 39 heavy (non-hydrogen) atoms. The van der Waals surface area contributed by atoms with Gasteiger partial charge in [-0.05, 0) is 29.9 Å². The Morgan fingerprint density at radius 1 is 0.846 bits per heavy atom. The second-order valence-corrected chi connectivity index (χ2v) is 12.1. The lowest BCUT2D eigenvalue weighted by molar-refractivity contribution is -0.131. The minimum absolute atomic E-state index is 0.0301. The zero-order valence-corrected chi connectivity index (χ0v) is 23.3. The predicted molar refractivity (Wildman–Crippen MR) is 147 cm³/mol. The fraction of sp³-hybridized carbons (Fsp3) is 0.429. The van der Waals surface area contributed by atoms with Crippen LogP contribution in [0.1, 0.15) is 37.8 Å². The van der Waals surface area contributed by atoms with Gasteiger partial charge in [0.15, 0.2) is 0 Å². The Morgan fingerprint density at radius 2 is 1.41 bits per heavy atom. The number of carbonyl (C=O) groups is 4. The van der Waals surface area contributed by atoms with Gasteiger partial charge in [0.25, 0.3) is 0 Å². The van der Waals surface area contributed by atoms with Crippen molar-refractivity contribution in [2.75, 3.05) is 12.0 Å². The van der Waals surface area contributed by atoms with Gasteiger partial charge in [-0.25, -0.2) is 13.2 Å². The number of alkyl carbamates (subject to hydrolysis) is 1. The molecule has 11 heteroatoms. The molecule has 2 aromatic carbocycles. The Labute approximate surface area is 229 Å². The number of hydrogen-bond acceptors (Lipinski definition) is 7. The summed E-state index contributed by atoms with van der Waals surface area (Å²) in [4.78, 5) is 50.5. The first-order chi connectivity index (χ1) is 18.5. The van der Waals surface area contributed by atoms with Crippen molar-refractivity contribution in [3.8, 4) is 0 Å². The lowest BCUT2D eigenvalue weighted by atomic mass is 10.0. The topological polar surface area (TPSA) is 148 Å². The molecular formula is C28H37N3O7S. The standard InChI is InChI=1S/C28H37N3O7S/c1-20(2)16-24(31-28(35)38-19-22-12-8-5-9-13-22)27(34)30-25(17-21-10-6-4-7-11-21)26(33)29-23(18-32)14-15-39(3,36)37/h4-13,18,20,23-25H,14-17,19H2,1-3H3,(H,29,33)(H,30,34)(H,31,35)/t23-,24-,25-/m0/s1. The number of rotatable bonds is 15. The molecule has 212 valence electrons. The van der Waals surface area contributed by atoms with Gasteiger partial charge in [0.05, 0.1) is 11.8 Å². The van der Waals surface area contributed by atoms with Crippen LogP contribution in [0.4, 0.5) is 4.79 Å². The molecule has 2 rings (SSSR count). The Kier molecular flexibility index (Phi) is 12.6. The van der Waals surface area contributed by atoms with Crippen molar-refractivity contribution in [2.24, 2.45) is 5.92 Å². The van der Waals surface area contributed by atoms with E-state index in [2.05, 4.69) is 16.0 Å². The van der Waals surface area contributed by atoms with Gasteiger partial charge >= 0.3 is 6.09 Å². The average Bonchev–Trinajstić information content (AvgIpc) is 2.89. The van der Waals surface area contributed by atoms with E-state index in [1.165, 1.54) is 0 Å². The maximum atomic E-state index is 13.3. The highest BCUT2D eigenvalue weighted by Crippen LogP contribution is 2.09. The van der Waals surface area contributed by atoms with E-state index in [1.807, 2.05) is 38.1 Å². The molecule has 0 aliphatic rings. The number of sulfone groups is 1. The second-order valence-electron chi connectivity index (χ2n) is 9.81. The molecule has 3 atom stereocenters. The molecule has 2 aromatic rings. The number of hydrogen-bond donors (Lipinski definition) is 3. The van der Waals surface area contributed by atoms with E-state index in [0.29, 0.717) is 6.29 Å². The molecule has 0 fully saturated rings. The van der Waals surface area contributed by atoms with Gasteiger partial charge in [-0.15, -0.1) is 0 Å². The Morgan fingerprint density at radius 3 is 1.95 bits per heavy atom. The summed E-state index contributed by atoms with van der Waals surface area (Å²) in [6, 6.07) is 15.0. The predicted octanol–water partition coefficient (Wildman–Crippen LogP) is 2.17. The van der Waals surface area contributed by atoms with Crippen LogP contribution < -0.4 is 16.0 Å². The molecule has 0 radical (unpaired) electrons. The van der Waals surface area contributed by atoms with Crippen LogP contribution in [0.25, 0.3) is 0 Å². The molecule has 0 saturated heterocycles. The third-order valence-corrected chi connectivity index (χ3v) is 6.71. The third kappa shape index (κ3) is 12.6.